The Bertz CT molecular complexity index is 636. The van der Waals surface area contributed by atoms with Gasteiger partial charge in [0.1, 0.15) is 11.0 Å². The topological polar surface area (TPSA) is 90.5 Å². The number of nitrogens with zero attached hydrogens (tertiary/aromatic N) is 1. The van der Waals surface area contributed by atoms with Crippen LogP contribution in [0.15, 0.2) is 29.2 Å². The van der Waals surface area contributed by atoms with E-state index in [1.165, 1.54) is 0 Å². The van der Waals surface area contributed by atoms with E-state index in [1.807, 2.05) is 63.2 Å². The van der Waals surface area contributed by atoms with Crippen molar-refractivity contribution in [2.24, 2.45) is 0 Å². The molecule has 0 aromatic heterocycles. The lowest BCUT2D eigenvalue weighted by Gasteiger charge is -2.34. The molecule has 0 saturated carbocycles. The number of rotatable bonds is 3. The van der Waals surface area contributed by atoms with Gasteiger partial charge in [0, 0.05) is 13.1 Å². The minimum atomic E-state index is -1.20. The van der Waals surface area contributed by atoms with Crippen LogP contribution in [0.1, 0.15) is 47.5 Å². The van der Waals surface area contributed by atoms with E-state index in [9.17, 15) is 9.32 Å². The van der Waals surface area contributed by atoms with Gasteiger partial charge in [-0.2, -0.15) is 0 Å². The van der Waals surface area contributed by atoms with Crippen molar-refractivity contribution in [3.05, 3.63) is 24.3 Å². The Balaban J connectivity index is 0.00000243. The molecule has 2 heterocycles. The lowest BCUT2D eigenvalue weighted by atomic mass is 9.79. The van der Waals surface area contributed by atoms with Crippen LogP contribution < -0.4 is 5.46 Å². The van der Waals surface area contributed by atoms with Gasteiger partial charge in [-0.3, -0.25) is 0 Å². The first kappa shape index (κ1) is 21.5. The van der Waals surface area contributed by atoms with Crippen LogP contribution in [-0.2, 0) is 20.3 Å². The quantitative estimate of drug-likeness (QED) is 0.790. The first-order valence-corrected chi connectivity index (χ1v) is 9.96. The molecule has 2 fully saturated rings. The molecule has 3 N–H and O–H groups in total. The molecule has 1 aromatic carbocycles. The molecule has 0 aliphatic carbocycles. The zero-order chi connectivity index (χ0) is 18.5. The fraction of sp³-hybridized carbons (Fsp3) is 0.667. The molecular weight excluding hydrogens is 353 g/mol. The van der Waals surface area contributed by atoms with E-state index in [4.69, 9.17) is 9.31 Å². The summed E-state index contributed by atoms with van der Waals surface area (Å²) in [5.74, 6) is 0. The van der Waals surface area contributed by atoms with E-state index in [2.05, 4.69) is 0 Å². The molecule has 1 aromatic rings. The van der Waals surface area contributed by atoms with E-state index in [1.54, 1.807) is 0 Å². The van der Waals surface area contributed by atoms with Crippen molar-refractivity contribution >= 4 is 23.6 Å². The molecule has 2 aliphatic rings. The number of hydrogen-bond acceptors (Lipinski definition) is 4. The molecule has 1 unspecified atom stereocenters. The molecule has 1 atom stereocenters. The second-order valence-electron chi connectivity index (χ2n) is 8.33. The van der Waals surface area contributed by atoms with Crippen molar-refractivity contribution in [1.29, 1.82) is 0 Å². The van der Waals surface area contributed by atoms with E-state index in [0.29, 0.717) is 25.9 Å². The Morgan fingerprint density at radius 1 is 1.00 bits per heavy atom. The molecule has 2 aliphatic heterocycles. The molecule has 146 valence electrons. The third kappa shape index (κ3) is 4.21. The maximum atomic E-state index is 12.7. The largest absolute Gasteiger partial charge is 0.494 e. The SMILES string of the molecule is CC1(O)CCN(S(=O)c2ccc(B3OC(C)(C)C(C)(C)O3)cc2)CC1.O. The summed E-state index contributed by atoms with van der Waals surface area (Å²) in [5.41, 5.74) is -0.448. The minimum absolute atomic E-state index is 0. The maximum absolute atomic E-state index is 12.7. The maximum Gasteiger partial charge on any atom is 0.494 e. The summed E-state index contributed by atoms with van der Waals surface area (Å²) in [6, 6.07) is 7.61. The van der Waals surface area contributed by atoms with E-state index < -0.39 is 23.7 Å². The third-order valence-electron chi connectivity index (χ3n) is 5.64. The van der Waals surface area contributed by atoms with Crippen molar-refractivity contribution in [2.75, 3.05) is 13.1 Å². The number of piperidine rings is 1. The monoisotopic (exact) mass is 383 g/mol. The minimum Gasteiger partial charge on any atom is -0.412 e. The fourth-order valence-electron chi connectivity index (χ4n) is 3.00. The summed E-state index contributed by atoms with van der Waals surface area (Å²) in [6.45, 7) is 11.2. The molecular formula is C18H30BNO5S. The number of hydrogen-bond donors (Lipinski definition) is 1. The van der Waals surface area contributed by atoms with Crippen LogP contribution >= 0.6 is 0 Å². The van der Waals surface area contributed by atoms with Gasteiger partial charge in [0.2, 0.25) is 0 Å². The number of benzene rings is 1. The molecule has 6 nitrogen and oxygen atoms in total. The van der Waals surface area contributed by atoms with Gasteiger partial charge in [0.05, 0.1) is 21.7 Å². The standard InChI is InChI=1S/C18H28BNO4S.H2O/c1-16(2)17(3,4)24-19(23-16)14-6-8-15(9-7-14)25(22)20-12-10-18(5,21)11-13-20;/h6-9,21H,10-13H2,1-5H3;1H2. The Morgan fingerprint density at radius 2 is 1.46 bits per heavy atom. The summed E-state index contributed by atoms with van der Waals surface area (Å²) in [4.78, 5) is 0.766. The van der Waals surface area contributed by atoms with Gasteiger partial charge in [0.15, 0.2) is 0 Å². The molecule has 0 radical (unpaired) electrons. The molecule has 26 heavy (non-hydrogen) atoms. The highest BCUT2D eigenvalue weighted by Crippen LogP contribution is 2.36. The van der Waals surface area contributed by atoms with E-state index >= 15 is 0 Å². The van der Waals surface area contributed by atoms with Gasteiger partial charge in [0.25, 0.3) is 0 Å². The molecule has 0 amide bonds. The summed E-state index contributed by atoms with van der Waals surface area (Å²) in [5, 5.41) is 10.0. The summed E-state index contributed by atoms with van der Waals surface area (Å²) in [7, 11) is -1.61. The highest BCUT2D eigenvalue weighted by atomic mass is 32.2. The Hall–Kier alpha value is -0.765. The van der Waals surface area contributed by atoms with E-state index in [-0.39, 0.29) is 16.7 Å². The van der Waals surface area contributed by atoms with Gasteiger partial charge >= 0.3 is 7.12 Å². The zero-order valence-corrected chi connectivity index (χ0v) is 17.1. The van der Waals surface area contributed by atoms with Crippen molar-refractivity contribution in [1.82, 2.24) is 4.31 Å². The lowest BCUT2D eigenvalue weighted by Crippen LogP contribution is -2.43. The van der Waals surface area contributed by atoms with Gasteiger partial charge in [-0.15, -0.1) is 0 Å². The van der Waals surface area contributed by atoms with Gasteiger partial charge in [-0.05, 0) is 65.1 Å². The Kier molecular flexibility index (Phi) is 6.07. The van der Waals surface area contributed by atoms with Crippen LogP contribution in [0.5, 0.6) is 0 Å². The van der Waals surface area contributed by atoms with Crippen LogP contribution in [0.4, 0.5) is 0 Å². The molecule has 0 spiro atoms. The molecule has 8 heteroatoms. The average molecular weight is 383 g/mol. The van der Waals surface area contributed by atoms with Gasteiger partial charge in [-0.1, -0.05) is 12.1 Å². The zero-order valence-electron chi connectivity index (χ0n) is 16.2. The summed E-state index contributed by atoms with van der Waals surface area (Å²) >= 11 is 0. The fourth-order valence-corrected chi connectivity index (χ4v) is 4.18. The van der Waals surface area contributed by atoms with Crippen molar-refractivity contribution in [3.63, 3.8) is 0 Å². The van der Waals surface area contributed by atoms with Crippen LogP contribution in [0, 0.1) is 0 Å². The lowest BCUT2D eigenvalue weighted by molar-refractivity contribution is 0.00578. The van der Waals surface area contributed by atoms with Crippen LogP contribution in [0.25, 0.3) is 0 Å². The Morgan fingerprint density at radius 3 is 1.92 bits per heavy atom. The molecule has 3 rings (SSSR count). The first-order valence-electron chi connectivity index (χ1n) is 8.86. The predicted octanol–water partition coefficient (Wildman–Crippen LogP) is 1.03. The third-order valence-corrected chi connectivity index (χ3v) is 7.15. The summed E-state index contributed by atoms with van der Waals surface area (Å²) < 4.78 is 26.8. The van der Waals surface area contributed by atoms with Crippen molar-refractivity contribution in [3.8, 4) is 0 Å². The second kappa shape index (κ2) is 7.33. The predicted molar refractivity (Wildman–Crippen MR) is 104 cm³/mol. The van der Waals surface area contributed by atoms with E-state index in [0.717, 1.165) is 10.4 Å². The normalized spacial score (nSPS) is 25.5. The summed E-state index contributed by atoms with van der Waals surface area (Å²) in [6.07, 6.45) is 1.29. The number of aliphatic hydroxyl groups is 1. The molecule has 2 saturated heterocycles. The van der Waals surface area contributed by atoms with Crippen molar-refractivity contribution in [2.45, 2.75) is 69.2 Å². The van der Waals surface area contributed by atoms with Crippen LogP contribution in [-0.4, -0.2) is 56.1 Å². The van der Waals surface area contributed by atoms with Gasteiger partial charge < -0.3 is 19.9 Å². The second-order valence-corrected chi connectivity index (χ2v) is 9.82. The highest BCUT2D eigenvalue weighted by molar-refractivity contribution is 7.82. The van der Waals surface area contributed by atoms with Crippen LogP contribution in [0.3, 0.4) is 0 Å². The average Bonchev–Trinajstić information content (AvgIpc) is 2.75. The van der Waals surface area contributed by atoms with Crippen LogP contribution in [0.2, 0.25) is 0 Å². The van der Waals surface area contributed by atoms with Gasteiger partial charge in [-0.25, -0.2) is 8.51 Å². The first-order chi connectivity index (χ1) is 11.5. The smallest absolute Gasteiger partial charge is 0.412 e. The Labute approximate surface area is 158 Å². The molecule has 0 bridgehead atoms. The van der Waals surface area contributed by atoms with Crippen molar-refractivity contribution < 1.29 is 24.1 Å². The highest BCUT2D eigenvalue weighted by Gasteiger charge is 2.51.